The SMILES string of the molecule is CCN1CCN(C(=O)c2cccnc2SCc2cc(C)on2)CC1. The van der Waals surface area contributed by atoms with Gasteiger partial charge in [-0.3, -0.25) is 4.79 Å². The van der Waals surface area contributed by atoms with Crippen molar-refractivity contribution in [3.8, 4) is 0 Å². The van der Waals surface area contributed by atoms with Crippen molar-refractivity contribution in [3.63, 3.8) is 0 Å². The van der Waals surface area contributed by atoms with Gasteiger partial charge in [0.05, 0.1) is 11.3 Å². The predicted molar refractivity (Wildman–Crippen MR) is 93.1 cm³/mol. The monoisotopic (exact) mass is 346 g/mol. The van der Waals surface area contributed by atoms with E-state index in [1.165, 1.54) is 11.8 Å². The molecule has 0 saturated carbocycles. The van der Waals surface area contributed by atoms with Gasteiger partial charge in [-0.2, -0.15) is 0 Å². The molecule has 24 heavy (non-hydrogen) atoms. The summed E-state index contributed by atoms with van der Waals surface area (Å²) in [7, 11) is 0. The second kappa shape index (κ2) is 7.81. The Balaban J connectivity index is 1.68. The van der Waals surface area contributed by atoms with E-state index in [9.17, 15) is 4.79 Å². The van der Waals surface area contributed by atoms with E-state index >= 15 is 0 Å². The highest BCUT2D eigenvalue weighted by atomic mass is 32.2. The number of likely N-dealkylation sites (N-methyl/N-ethyl adjacent to an activating group) is 1. The number of thioether (sulfide) groups is 1. The van der Waals surface area contributed by atoms with Crippen LogP contribution in [-0.2, 0) is 5.75 Å². The van der Waals surface area contributed by atoms with Gasteiger partial charge in [0.15, 0.2) is 0 Å². The fourth-order valence-electron chi connectivity index (χ4n) is 2.73. The van der Waals surface area contributed by atoms with E-state index < -0.39 is 0 Å². The smallest absolute Gasteiger partial charge is 0.256 e. The number of aryl methyl sites for hydroxylation is 1. The van der Waals surface area contributed by atoms with Gasteiger partial charge in [-0.15, -0.1) is 0 Å². The zero-order valence-electron chi connectivity index (χ0n) is 14.1. The van der Waals surface area contributed by atoms with Crippen molar-refractivity contribution >= 4 is 17.7 Å². The standard InChI is InChI=1S/C17H22N4O2S/c1-3-20-7-9-21(10-8-20)17(22)15-5-4-6-18-16(15)24-12-14-11-13(2)23-19-14/h4-6,11H,3,7-10,12H2,1-2H3. The fraction of sp³-hybridized carbons (Fsp3) is 0.471. The van der Waals surface area contributed by atoms with Crippen molar-refractivity contribution in [3.05, 3.63) is 41.4 Å². The van der Waals surface area contributed by atoms with Crippen LogP contribution < -0.4 is 0 Å². The summed E-state index contributed by atoms with van der Waals surface area (Å²) in [5, 5.41) is 4.74. The lowest BCUT2D eigenvalue weighted by atomic mass is 10.2. The third-order valence-electron chi connectivity index (χ3n) is 4.14. The van der Waals surface area contributed by atoms with E-state index in [1.807, 2.05) is 30.0 Å². The molecule has 0 N–H and O–H groups in total. The number of rotatable bonds is 5. The topological polar surface area (TPSA) is 62.5 Å². The van der Waals surface area contributed by atoms with Crippen LogP contribution in [0.15, 0.2) is 33.9 Å². The van der Waals surface area contributed by atoms with Crippen LogP contribution in [0.25, 0.3) is 0 Å². The highest BCUT2D eigenvalue weighted by Gasteiger charge is 2.23. The van der Waals surface area contributed by atoms with E-state index in [1.54, 1.807) is 6.20 Å². The van der Waals surface area contributed by atoms with Crippen molar-refractivity contribution in [1.29, 1.82) is 0 Å². The van der Waals surface area contributed by atoms with E-state index in [0.29, 0.717) is 11.3 Å². The largest absolute Gasteiger partial charge is 0.361 e. The van der Waals surface area contributed by atoms with Crippen LogP contribution in [0.5, 0.6) is 0 Å². The predicted octanol–water partition coefficient (Wildman–Crippen LogP) is 2.45. The first-order valence-corrected chi connectivity index (χ1v) is 9.17. The maximum atomic E-state index is 12.9. The molecule has 128 valence electrons. The first-order chi connectivity index (χ1) is 11.7. The first kappa shape index (κ1) is 17.0. The third-order valence-corrected chi connectivity index (χ3v) is 5.18. The van der Waals surface area contributed by atoms with Gasteiger partial charge >= 0.3 is 0 Å². The van der Waals surface area contributed by atoms with Crippen molar-refractivity contribution in [2.75, 3.05) is 32.7 Å². The van der Waals surface area contributed by atoms with Gasteiger partial charge in [-0.05, 0) is 25.6 Å². The molecule has 6 nitrogen and oxygen atoms in total. The van der Waals surface area contributed by atoms with Crippen molar-refractivity contribution in [2.45, 2.75) is 24.6 Å². The van der Waals surface area contributed by atoms with Crippen molar-refractivity contribution < 1.29 is 9.32 Å². The van der Waals surface area contributed by atoms with Crippen LogP contribution >= 0.6 is 11.8 Å². The highest BCUT2D eigenvalue weighted by Crippen LogP contribution is 2.25. The Labute approximate surface area is 146 Å². The summed E-state index contributed by atoms with van der Waals surface area (Å²) in [6.45, 7) is 8.47. The van der Waals surface area contributed by atoms with Crippen LogP contribution in [0.1, 0.15) is 28.7 Å². The third kappa shape index (κ3) is 3.96. The first-order valence-electron chi connectivity index (χ1n) is 8.19. The summed E-state index contributed by atoms with van der Waals surface area (Å²) < 4.78 is 5.08. The van der Waals surface area contributed by atoms with Gasteiger partial charge in [-0.1, -0.05) is 23.8 Å². The molecule has 3 rings (SSSR count). The Morgan fingerprint density at radius 2 is 2.12 bits per heavy atom. The minimum atomic E-state index is 0.0673. The summed E-state index contributed by atoms with van der Waals surface area (Å²) >= 11 is 1.52. The molecule has 2 aromatic heterocycles. The Hall–Kier alpha value is -1.86. The number of amides is 1. The molecule has 0 atom stereocenters. The van der Waals surface area contributed by atoms with Gasteiger partial charge in [0.25, 0.3) is 5.91 Å². The maximum Gasteiger partial charge on any atom is 0.256 e. The fourth-order valence-corrected chi connectivity index (χ4v) is 3.60. The van der Waals surface area contributed by atoms with Gasteiger partial charge in [0.2, 0.25) is 0 Å². The average Bonchev–Trinajstić information content (AvgIpc) is 3.05. The molecule has 0 unspecified atom stereocenters. The number of carbonyl (C=O) groups is 1. The molecular formula is C17H22N4O2S. The lowest BCUT2D eigenvalue weighted by molar-refractivity contribution is 0.0639. The molecule has 0 radical (unpaired) electrons. The molecule has 0 aliphatic carbocycles. The Morgan fingerprint density at radius 1 is 1.33 bits per heavy atom. The molecule has 2 aromatic rings. The molecule has 0 bridgehead atoms. The van der Waals surface area contributed by atoms with Gasteiger partial charge < -0.3 is 14.3 Å². The van der Waals surface area contributed by atoms with Crippen LogP contribution in [0.3, 0.4) is 0 Å². The Kier molecular flexibility index (Phi) is 5.52. The molecule has 7 heteroatoms. The normalized spacial score (nSPS) is 15.7. The van der Waals surface area contributed by atoms with Crippen molar-refractivity contribution in [2.24, 2.45) is 0 Å². The number of hydrogen-bond acceptors (Lipinski definition) is 6. The average molecular weight is 346 g/mol. The number of hydrogen-bond donors (Lipinski definition) is 0. The zero-order chi connectivity index (χ0) is 16.9. The van der Waals surface area contributed by atoms with Gasteiger partial charge in [-0.25, -0.2) is 4.98 Å². The molecule has 1 fully saturated rings. The minimum absolute atomic E-state index is 0.0673. The summed E-state index contributed by atoms with van der Waals surface area (Å²) in [6.07, 6.45) is 1.72. The van der Waals surface area contributed by atoms with E-state index in [0.717, 1.165) is 49.2 Å². The lowest BCUT2D eigenvalue weighted by Crippen LogP contribution is -2.48. The van der Waals surface area contributed by atoms with Crippen LogP contribution in [-0.4, -0.2) is 58.6 Å². The summed E-state index contributed by atoms with van der Waals surface area (Å²) in [6, 6.07) is 5.58. The molecular weight excluding hydrogens is 324 g/mol. The van der Waals surface area contributed by atoms with Crippen LogP contribution in [0.4, 0.5) is 0 Å². The minimum Gasteiger partial charge on any atom is -0.361 e. The second-order valence-electron chi connectivity index (χ2n) is 5.80. The summed E-state index contributed by atoms with van der Waals surface area (Å²) in [5.41, 5.74) is 1.53. The zero-order valence-corrected chi connectivity index (χ0v) is 14.9. The molecule has 0 aromatic carbocycles. The Bertz CT molecular complexity index is 695. The summed E-state index contributed by atoms with van der Waals surface area (Å²) in [4.78, 5) is 21.5. The van der Waals surface area contributed by atoms with Crippen LogP contribution in [0.2, 0.25) is 0 Å². The molecule has 3 heterocycles. The number of aromatic nitrogens is 2. The van der Waals surface area contributed by atoms with Gasteiger partial charge in [0.1, 0.15) is 10.8 Å². The maximum absolute atomic E-state index is 12.9. The van der Waals surface area contributed by atoms with Crippen LogP contribution in [0, 0.1) is 6.92 Å². The van der Waals surface area contributed by atoms with E-state index in [2.05, 4.69) is 22.0 Å². The highest BCUT2D eigenvalue weighted by molar-refractivity contribution is 7.98. The number of piperazine rings is 1. The number of carbonyl (C=O) groups excluding carboxylic acids is 1. The quantitative estimate of drug-likeness (QED) is 0.775. The molecule has 1 saturated heterocycles. The number of nitrogens with zero attached hydrogens (tertiary/aromatic N) is 4. The second-order valence-corrected chi connectivity index (χ2v) is 6.76. The molecule has 1 amide bonds. The molecule has 1 aliphatic rings. The summed E-state index contributed by atoms with van der Waals surface area (Å²) in [5.74, 6) is 1.49. The van der Waals surface area contributed by atoms with Gasteiger partial charge in [0, 0.05) is 44.2 Å². The molecule has 1 aliphatic heterocycles. The number of pyridine rings is 1. The Morgan fingerprint density at radius 3 is 2.79 bits per heavy atom. The van der Waals surface area contributed by atoms with E-state index in [4.69, 9.17) is 4.52 Å². The lowest BCUT2D eigenvalue weighted by Gasteiger charge is -2.34. The van der Waals surface area contributed by atoms with Crippen molar-refractivity contribution in [1.82, 2.24) is 19.9 Å². The molecule has 0 spiro atoms. The van der Waals surface area contributed by atoms with E-state index in [-0.39, 0.29) is 5.91 Å².